The van der Waals surface area contributed by atoms with Crippen molar-refractivity contribution >= 4 is 28.7 Å². The quantitative estimate of drug-likeness (QED) is 0.735. The maximum atomic E-state index is 13.4. The second kappa shape index (κ2) is 5.83. The summed E-state index contributed by atoms with van der Waals surface area (Å²) in [5, 5.41) is 7.72. The average molecular weight is 395 g/mol. The molecule has 144 valence electrons. The summed E-state index contributed by atoms with van der Waals surface area (Å²) in [7, 11) is 0. The predicted molar refractivity (Wildman–Crippen MR) is 104 cm³/mol. The summed E-state index contributed by atoms with van der Waals surface area (Å²) >= 11 is 1.22. The largest absolute Gasteiger partial charge is 0.352 e. The van der Waals surface area contributed by atoms with E-state index < -0.39 is 0 Å². The standard InChI is InChI=1S/C20H22N6OS/c27-18(22-9-13-1-2-16-17(4-13)25-28-24-16)19-5-14-3-15(6-19)8-20(7-14,10-19)26-12-21-11-23-26/h1-2,4,11-12,14-15H,3,5-10H2,(H,22,27)/t14-,15+,19?,20?. The number of aromatic nitrogens is 5. The first-order valence-corrected chi connectivity index (χ1v) is 10.7. The van der Waals surface area contributed by atoms with Gasteiger partial charge < -0.3 is 5.32 Å². The van der Waals surface area contributed by atoms with Crippen LogP contribution >= 0.6 is 11.7 Å². The highest BCUT2D eigenvalue weighted by Gasteiger charge is 2.61. The lowest BCUT2D eigenvalue weighted by Crippen LogP contribution is -2.60. The van der Waals surface area contributed by atoms with Gasteiger partial charge in [0.15, 0.2) is 0 Å². The minimum Gasteiger partial charge on any atom is -0.352 e. The van der Waals surface area contributed by atoms with Gasteiger partial charge in [0, 0.05) is 6.54 Å². The lowest BCUT2D eigenvalue weighted by atomic mass is 9.46. The van der Waals surface area contributed by atoms with Crippen LogP contribution in [0.4, 0.5) is 0 Å². The maximum Gasteiger partial charge on any atom is 0.226 e. The van der Waals surface area contributed by atoms with Gasteiger partial charge in [0.05, 0.1) is 22.7 Å². The number of benzene rings is 1. The fraction of sp³-hybridized carbons (Fsp3) is 0.550. The van der Waals surface area contributed by atoms with Crippen LogP contribution < -0.4 is 5.32 Å². The smallest absolute Gasteiger partial charge is 0.226 e. The molecule has 7 nitrogen and oxygen atoms in total. The summed E-state index contributed by atoms with van der Waals surface area (Å²) in [4.78, 5) is 17.6. The van der Waals surface area contributed by atoms with Crippen molar-refractivity contribution in [2.45, 2.75) is 50.6 Å². The van der Waals surface area contributed by atoms with Crippen LogP contribution in [0.3, 0.4) is 0 Å². The third-order valence-corrected chi connectivity index (χ3v) is 7.74. The van der Waals surface area contributed by atoms with E-state index in [0.29, 0.717) is 18.4 Å². The zero-order valence-corrected chi connectivity index (χ0v) is 16.4. The first-order valence-electron chi connectivity index (χ1n) is 9.99. The van der Waals surface area contributed by atoms with Crippen LogP contribution in [0.2, 0.25) is 0 Å². The Morgan fingerprint density at radius 1 is 1.18 bits per heavy atom. The summed E-state index contributed by atoms with van der Waals surface area (Å²) < 4.78 is 10.6. The molecule has 2 aromatic heterocycles. The fourth-order valence-electron chi connectivity index (χ4n) is 6.51. The zero-order valence-electron chi connectivity index (χ0n) is 15.5. The number of hydrogen-bond donors (Lipinski definition) is 1. The van der Waals surface area contributed by atoms with Crippen LogP contribution in [-0.2, 0) is 16.9 Å². The molecule has 0 spiro atoms. The average Bonchev–Trinajstić information content (AvgIpc) is 3.36. The molecule has 2 heterocycles. The fourth-order valence-corrected chi connectivity index (χ4v) is 7.03. The minimum atomic E-state index is -0.262. The molecule has 8 heteroatoms. The highest BCUT2D eigenvalue weighted by Crippen LogP contribution is 2.64. The van der Waals surface area contributed by atoms with Gasteiger partial charge in [0.2, 0.25) is 5.91 Å². The van der Waals surface area contributed by atoms with Crippen LogP contribution in [0.1, 0.15) is 44.1 Å². The normalized spacial score (nSPS) is 33.4. The van der Waals surface area contributed by atoms with E-state index in [2.05, 4.69) is 28.8 Å². The van der Waals surface area contributed by atoms with Crippen molar-refractivity contribution in [3.05, 3.63) is 36.4 Å². The lowest BCUT2D eigenvalue weighted by molar-refractivity contribution is -0.156. The molecule has 0 radical (unpaired) electrons. The highest BCUT2D eigenvalue weighted by atomic mass is 32.1. The second-order valence-electron chi connectivity index (χ2n) is 9.08. The van der Waals surface area contributed by atoms with Crippen molar-refractivity contribution < 1.29 is 4.79 Å². The van der Waals surface area contributed by atoms with Gasteiger partial charge in [-0.15, -0.1) is 0 Å². The van der Waals surface area contributed by atoms with Gasteiger partial charge in [-0.1, -0.05) is 6.07 Å². The van der Waals surface area contributed by atoms with Crippen LogP contribution in [-0.4, -0.2) is 29.4 Å². The van der Waals surface area contributed by atoms with Gasteiger partial charge in [0.1, 0.15) is 23.7 Å². The van der Waals surface area contributed by atoms with Crippen molar-refractivity contribution in [1.82, 2.24) is 28.8 Å². The molecular weight excluding hydrogens is 372 g/mol. The van der Waals surface area contributed by atoms with E-state index in [9.17, 15) is 4.79 Å². The molecular formula is C20H22N6OS. The Hall–Kier alpha value is -2.35. The van der Waals surface area contributed by atoms with E-state index in [1.807, 2.05) is 24.5 Å². The summed E-state index contributed by atoms with van der Waals surface area (Å²) in [6.45, 7) is 0.541. The number of fused-ring (bicyclic) bond motifs is 1. The van der Waals surface area contributed by atoms with Gasteiger partial charge in [-0.2, -0.15) is 13.8 Å². The van der Waals surface area contributed by atoms with Gasteiger partial charge in [-0.05, 0) is 68.1 Å². The number of carbonyl (C=O) groups excluding carboxylic acids is 1. The lowest BCUT2D eigenvalue weighted by Gasteiger charge is -2.60. The Labute approximate surface area is 166 Å². The minimum absolute atomic E-state index is 0.0247. The van der Waals surface area contributed by atoms with Crippen molar-refractivity contribution in [2.24, 2.45) is 17.3 Å². The number of nitrogens with one attached hydrogen (secondary N) is 1. The van der Waals surface area contributed by atoms with E-state index in [1.54, 1.807) is 6.33 Å². The maximum absolute atomic E-state index is 13.4. The van der Waals surface area contributed by atoms with Gasteiger partial charge >= 0.3 is 0 Å². The Morgan fingerprint density at radius 2 is 2.00 bits per heavy atom. The number of amides is 1. The third-order valence-electron chi connectivity index (χ3n) is 7.19. The molecule has 2 unspecified atom stereocenters. The van der Waals surface area contributed by atoms with Crippen molar-refractivity contribution in [2.75, 3.05) is 0 Å². The monoisotopic (exact) mass is 394 g/mol. The van der Waals surface area contributed by atoms with E-state index in [-0.39, 0.29) is 16.9 Å². The van der Waals surface area contributed by atoms with Crippen LogP contribution in [0.15, 0.2) is 30.9 Å². The zero-order chi connectivity index (χ0) is 18.8. The molecule has 1 amide bonds. The highest BCUT2D eigenvalue weighted by molar-refractivity contribution is 7.00. The van der Waals surface area contributed by atoms with Crippen molar-refractivity contribution in [3.63, 3.8) is 0 Å². The molecule has 4 aliphatic rings. The molecule has 4 saturated carbocycles. The first-order chi connectivity index (χ1) is 13.6. The number of rotatable bonds is 4. The Balaban J connectivity index is 1.25. The van der Waals surface area contributed by atoms with Crippen LogP contribution in [0.5, 0.6) is 0 Å². The first kappa shape index (κ1) is 16.6. The summed E-state index contributed by atoms with van der Waals surface area (Å²) in [6, 6.07) is 6.03. The van der Waals surface area contributed by atoms with Gasteiger partial charge in [-0.3, -0.25) is 4.79 Å². The molecule has 28 heavy (non-hydrogen) atoms. The number of nitrogens with zero attached hydrogens (tertiary/aromatic N) is 5. The Morgan fingerprint density at radius 3 is 2.79 bits per heavy atom. The van der Waals surface area contributed by atoms with Crippen LogP contribution in [0.25, 0.3) is 11.0 Å². The Kier molecular flexibility index (Phi) is 3.45. The summed E-state index contributed by atoms with van der Waals surface area (Å²) in [5.41, 5.74) is 2.60. The third kappa shape index (κ3) is 2.43. The van der Waals surface area contributed by atoms with E-state index in [4.69, 9.17) is 0 Å². The molecule has 4 bridgehead atoms. The van der Waals surface area contributed by atoms with Crippen molar-refractivity contribution in [3.8, 4) is 0 Å². The van der Waals surface area contributed by atoms with Crippen molar-refractivity contribution in [1.29, 1.82) is 0 Å². The van der Waals surface area contributed by atoms with Crippen LogP contribution in [0, 0.1) is 17.3 Å². The molecule has 7 rings (SSSR count). The molecule has 4 fully saturated rings. The molecule has 1 N–H and O–H groups in total. The topological polar surface area (TPSA) is 85.6 Å². The van der Waals surface area contributed by atoms with E-state index in [1.165, 1.54) is 18.1 Å². The predicted octanol–water partition coefficient (Wildman–Crippen LogP) is 2.89. The SMILES string of the molecule is O=C(NCc1ccc2nsnc2c1)C12C[C@H]3C[C@@H](C1)CC(n1cncn1)(C3)C2. The van der Waals surface area contributed by atoms with E-state index in [0.717, 1.165) is 48.7 Å². The second-order valence-corrected chi connectivity index (χ2v) is 9.60. The molecule has 0 saturated heterocycles. The van der Waals surface area contributed by atoms with E-state index >= 15 is 0 Å². The number of carbonyl (C=O) groups is 1. The van der Waals surface area contributed by atoms with Gasteiger partial charge in [-0.25, -0.2) is 9.67 Å². The molecule has 0 aliphatic heterocycles. The molecule has 4 atom stereocenters. The summed E-state index contributed by atoms with van der Waals surface area (Å²) in [5.74, 6) is 1.45. The Bertz CT molecular complexity index is 1030. The summed E-state index contributed by atoms with van der Waals surface area (Å²) in [6.07, 6.45) is 9.91. The molecule has 3 aromatic rings. The molecule has 4 aliphatic carbocycles. The number of hydrogen-bond acceptors (Lipinski definition) is 6. The molecule has 1 aromatic carbocycles. The van der Waals surface area contributed by atoms with Gasteiger partial charge in [0.25, 0.3) is 0 Å².